The summed E-state index contributed by atoms with van der Waals surface area (Å²) in [5.74, 6) is -0.367. The van der Waals surface area contributed by atoms with E-state index in [2.05, 4.69) is 58.3 Å². The number of fused-ring (bicyclic) bond motifs is 1. The van der Waals surface area contributed by atoms with Crippen molar-refractivity contribution in [3.05, 3.63) is 76.4 Å². The van der Waals surface area contributed by atoms with Crippen LogP contribution >= 0.6 is 0 Å². The van der Waals surface area contributed by atoms with E-state index < -0.39 is 6.03 Å². The number of urea groups is 1. The zero-order valence-corrected chi connectivity index (χ0v) is 19.1. The predicted octanol–water partition coefficient (Wildman–Crippen LogP) is 5.94. The van der Waals surface area contributed by atoms with Gasteiger partial charge in [-0.15, -0.1) is 0 Å². The number of benzene rings is 2. The molecular weight excluding hydrogens is 384 g/mol. The van der Waals surface area contributed by atoms with E-state index in [0.29, 0.717) is 0 Å². The second-order valence-corrected chi connectivity index (χ2v) is 10.1. The maximum Gasteiger partial charge on any atom is 0.350 e. The predicted molar refractivity (Wildman–Crippen MR) is 125 cm³/mol. The van der Waals surface area contributed by atoms with Crippen molar-refractivity contribution in [1.82, 2.24) is 4.90 Å². The van der Waals surface area contributed by atoms with Crippen LogP contribution in [0, 0.1) is 6.92 Å². The van der Waals surface area contributed by atoms with Gasteiger partial charge in [-0.25, -0.2) is 4.79 Å². The van der Waals surface area contributed by atoms with Gasteiger partial charge in [-0.3, -0.25) is 9.69 Å². The number of carbonyl (C=O) groups excluding carboxylic acids is 2. The molecule has 0 N–H and O–H groups in total. The van der Waals surface area contributed by atoms with E-state index in [4.69, 9.17) is 0 Å². The third-order valence-corrected chi connectivity index (χ3v) is 6.95. The first-order valence-electron chi connectivity index (χ1n) is 10.8. The molecule has 0 bridgehead atoms. The first kappa shape index (κ1) is 21.2. The number of aryl methyl sites for hydroxylation is 1. The molecule has 1 aliphatic carbocycles. The molecular formula is C27H30N2O2. The minimum absolute atomic E-state index is 0.147. The fraction of sp³-hybridized carbons (Fsp3) is 0.370. The van der Waals surface area contributed by atoms with Gasteiger partial charge < -0.3 is 0 Å². The molecule has 0 spiro atoms. The summed E-state index contributed by atoms with van der Waals surface area (Å²) in [4.78, 5) is 28.1. The highest BCUT2D eigenvalue weighted by Crippen LogP contribution is 2.47. The van der Waals surface area contributed by atoms with Crippen LogP contribution in [-0.4, -0.2) is 23.1 Å². The molecule has 4 rings (SSSR count). The van der Waals surface area contributed by atoms with Crippen molar-refractivity contribution >= 4 is 23.7 Å². The number of rotatable bonds is 4. The molecule has 0 aromatic heterocycles. The molecule has 160 valence electrons. The summed E-state index contributed by atoms with van der Waals surface area (Å²) in [6, 6.07) is 12.1. The Morgan fingerprint density at radius 1 is 1.00 bits per heavy atom. The summed E-state index contributed by atoms with van der Waals surface area (Å²) in [5, 5.41) is 0. The lowest BCUT2D eigenvalue weighted by atomic mass is 9.62. The first-order valence-corrected chi connectivity index (χ1v) is 10.8. The van der Waals surface area contributed by atoms with Crippen molar-refractivity contribution < 1.29 is 9.59 Å². The maximum absolute atomic E-state index is 11.7. The van der Waals surface area contributed by atoms with Crippen LogP contribution < -0.4 is 0 Å². The fourth-order valence-corrected chi connectivity index (χ4v) is 4.69. The largest absolute Gasteiger partial charge is 0.350 e. The summed E-state index contributed by atoms with van der Waals surface area (Å²) >= 11 is 0. The van der Waals surface area contributed by atoms with Crippen LogP contribution in [0.1, 0.15) is 73.9 Å². The van der Waals surface area contributed by atoms with Crippen LogP contribution in [0.15, 0.2) is 48.0 Å². The third-order valence-electron chi connectivity index (χ3n) is 6.95. The van der Waals surface area contributed by atoms with E-state index in [1.807, 2.05) is 24.3 Å². The lowest BCUT2D eigenvalue weighted by molar-refractivity contribution is -0.120. The molecule has 0 saturated heterocycles. The molecule has 1 aliphatic heterocycles. The van der Waals surface area contributed by atoms with Crippen molar-refractivity contribution in [2.75, 3.05) is 0 Å². The van der Waals surface area contributed by atoms with Gasteiger partial charge in [0.25, 0.3) is 5.91 Å². The van der Waals surface area contributed by atoms with Gasteiger partial charge in [0, 0.05) is 0 Å². The molecule has 0 saturated carbocycles. The van der Waals surface area contributed by atoms with Gasteiger partial charge in [-0.2, -0.15) is 4.99 Å². The Labute approximate surface area is 184 Å². The Kier molecular flexibility index (Phi) is 5.00. The Bertz CT molecular complexity index is 1100. The van der Waals surface area contributed by atoms with E-state index in [0.717, 1.165) is 27.8 Å². The smallest absolute Gasteiger partial charge is 0.267 e. The lowest BCUT2D eigenvalue weighted by Gasteiger charge is -2.42. The van der Waals surface area contributed by atoms with Crippen molar-refractivity contribution in [3.63, 3.8) is 0 Å². The van der Waals surface area contributed by atoms with Crippen LogP contribution in [0.5, 0.6) is 0 Å². The van der Waals surface area contributed by atoms with E-state index in [-0.39, 0.29) is 23.3 Å². The van der Waals surface area contributed by atoms with Gasteiger partial charge in [0.1, 0.15) is 0 Å². The monoisotopic (exact) mass is 414 g/mol. The number of carbonyl (C=O) groups is 2. The highest BCUT2D eigenvalue weighted by Gasteiger charge is 2.37. The maximum atomic E-state index is 11.7. The van der Waals surface area contributed by atoms with E-state index in [9.17, 15) is 9.59 Å². The Morgan fingerprint density at radius 2 is 1.58 bits per heavy atom. The zero-order chi connectivity index (χ0) is 22.6. The lowest BCUT2D eigenvalue weighted by Crippen LogP contribution is -2.34. The van der Waals surface area contributed by atoms with Crippen LogP contribution in [-0.2, 0) is 22.2 Å². The second kappa shape index (κ2) is 7.30. The van der Waals surface area contributed by atoms with Crippen molar-refractivity contribution in [1.29, 1.82) is 0 Å². The SMILES string of the molecule is C=C(c1ccc(CN2C(=O)C=NC2=O)cc1)c1cc2c(cc1C)C(C)(C)CCC2(C)C. The normalized spacial score (nSPS) is 18.9. The zero-order valence-electron chi connectivity index (χ0n) is 19.1. The number of hydrogen-bond acceptors (Lipinski definition) is 2. The minimum atomic E-state index is -0.506. The Balaban J connectivity index is 1.63. The minimum Gasteiger partial charge on any atom is -0.267 e. The molecule has 2 aromatic rings. The van der Waals surface area contributed by atoms with Gasteiger partial charge in [0.15, 0.2) is 0 Å². The summed E-state index contributed by atoms with van der Waals surface area (Å²) in [6.45, 7) is 16.2. The summed E-state index contributed by atoms with van der Waals surface area (Å²) in [5.41, 5.74) is 8.54. The summed E-state index contributed by atoms with van der Waals surface area (Å²) in [7, 11) is 0. The molecule has 0 atom stereocenters. The highest BCUT2D eigenvalue weighted by molar-refractivity contribution is 6.35. The standard InChI is InChI=1S/C27H30N2O2/c1-17-13-22-23(27(5,6)12-11-26(22,3)4)14-21(17)18(2)20-9-7-19(8-10-20)16-29-24(30)15-28-25(29)31/h7-10,13-15H,2,11-12,16H2,1,3-6H3. The molecule has 31 heavy (non-hydrogen) atoms. The van der Waals surface area contributed by atoms with E-state index >= 15 is 0 Å². The number of aliphatic imine (C=N–C) groups is 1. The first-order chi connectivity index (χ1) is 14.5. The van der Waals surface area contributed by atoms with Gasteiger partial charge in [0.2, 0.25) is 0 Å². The topological polar surface area (TPSA) is 49.7 Å². The number of nitrogens with zero attached hydrogens (tertiary/aromatic N) is 2. The third kappa shape index (κ3) is 3.76. The number of imide groups is 1. The molecule has 2 aromatic carbocycles. The van der Waals surface area contributed by atoms with E-state index in [1.54, 1.807) is 0 Å². The van der Waals surface area contributed by atoms with E-state index in [1.165, 1.54) is 35.1 Å². The average Bonchev–Trinajstić information content (AvgIpc) is 3.03. The quantitative estimate of drug-likeness (QED) is 0.622. The Morgan fingerprint density at radius 3 is 2.13 bits per heavy atom. The van der Waals surface area contributed by atoms with Gasteiger partial charge >= 0.3 is 6.03 Å². The molecule has 0 fully saturated rings. The molecule has 2 aliphatic rings. The summed E-state index contributed by atoms with van der Waals surface area (Å²) in [6.07, 6.45) is 3.44. The van der Waals surface area contributed by atoms with Gasteiger partial charge in [0.05, 0.1) is 12.8 Å². The molecule has 1 heterocycles. The number of amides is 3. The van der Waals surface area contributed by atoms with Crippen molar-refractivity contribution in [3.8, 4) is 0 Å². The van der Waals surface area contributed by atoms with Gasteiger partial charge in [-0.1, -0.05) is 70.7 Å². The fourth-order valence-electron chi connectivity index (χ4n) is 4.69. The second-order valence-electron chi connectivity index (χ2n) is 10.1. The van der Waals surface area contributed by atoms with Gasteiger partial charge in [-0.05, 0) is 69.5 Å². The number of hydrogen-bond donors (Lipinski definition) is 0. The molecule has 4 heteroatoms. The van der Waals surface area contributed by atoms with Crippen molar-refractivity contribution in [2.24, 2.45) is 4.99 Å². The highest BCUT2D eigenvalue weighted by atomic mass is 16.2. The Hall–Kier alpha value is -3.01. The van der Waals surface area contributed by atoms with Crippen LogP contribution in [0.25, 0.3) is 5.57 Å². The molecule has 3 amide bonds. The van der Waals surface area contributed by atoms with Crippen LogP contribution in [0.2, 0.25) is 0 Å². The average molecular weight is 415 g/mol. The van der Waals surface area contributed by atoms with Crippen LogP contribution in [0.4, 0.5) is 4.79 Å². The molecule has 4 nitrogen and oxygen atoms in total. The van der Waals surface area contributed by atoms with Crippen LogP contribution in [0.3, 0.4) is 0 Å². The molecule has 0 radical (unpaired) electrons. The van der Waals surface area contributed by atoms with Crippen molar-refractivity contribution in [2.45, 2.75) is 64.8 Å². The molecule has 0 unspecified atom stereocenters. The summed E-state index contributed by atoms with van der Waals surface area (Å²) < 4.78 is 0.